The Morgan fingerprint density at radius 3 is 2.42 bits per heavy atom. The number of carbonyl (C=O) groups is 1. The molecule has 5 nitrogen and oxygen atoms in total. The first kappa shape index (κ1) is 31.3. The molecule has 43 heavy (non-hydrogen) atoms. The summed E-state index contributed by atoms with van der Waals surface area (Å²) in [6.07, 6.45) is 6.79. The third-order valence-corrected chi connectivity index (χ3v) is 10.2. The van der Waals surface area contributed by atoms with Crippen molar-refractivity contribution in [2.75, 3.05) is 26.7 Å². The lowest BCUT2D eigenvalue weighted by Gasteiger charge is -2.45. The first-order valence-electron chi connectivity index (χ1n) is 15.8. The predicted octanol–water partition coefficient (Wildman–Crippen LogP) is 6.55. The lowest BCUT2D eigenvalue weighted by Crippen LogP contribution is -2.52. The summed E-state index contributed by atoms with van der Waals surface area (Å²) in [6, 6.07) is 24.1. The summed E-state index contributed by atoms with van der Waals surface area (Å²) in [4.78, 5) is 16.3. The number of nitrogens with zero attached hydrogens (tertiary/aromatic N) is 1. The van der Waals surface area contributed by atoms with Crippen molar-refractivity contribution in [3.8, 4) is 11.1 Å². The van der Waals surface area contributed by atoms with Crippen molar-refractivity contribution < 1.29 is 20.1 Å². The van der Waals surface area contributed by atoms with Crippen LogP contribution in [-0.4, -0.2) is 64.5 Å². The molecule has 3 aliphatic carbocycles. The Bertz CT molecular complexity index is 1430. The maximum absolute atomic E-state index is 14.3. The van der Waals surface area contributed by atoms with Crippen LogP contribution in [0.2, 0.25) is 0 Å². The molecule has 0 aromatic heterocycles. The first-order chi connectivity index (χ1) is 20.6. The molecule has 0 amide bonds. The highest BCUT2D eigenvalue weighted by Crippen LogP contribution is 2.58. The molecule has 228 valence electrons. The van der Waals surface area contributed by atoms with Crippen LogP contribution < -0.4 is 0 Å². The zero-order chi connectivity index (χ0) is 30.6. The fourth-order valence-corrected chi connectivity index (χ4v) is 7.49. The van der Waals surface area contributed by atoms with Crippen molar-refractivity contribution in [2.45, 2.75) is 76.4 Å². The summed E-state index contributed by atoms with van der Waals surface area (Å²) < 4.78 is 0. The maximum Gasteiger partial charge on any atom is 0.193 e. The highest BCUT2D eigenvalue weighted by Gasteiger charge is 2.57. The van der Waals surface area contributed by atoms with Gasteiger partial charge in [-0.05, 0) is 93.2 Å². The Kier molecular flexibility index (Phi) is 9.67. The van der Waals surface area contributed by atoms with Crippen LogP contribution >= 0.6 is 0 Å². The minimum Gasteiger partial charge on any atom is -0.395 e. The molecule has 0 saturated heterocycles. The zero-order valence-corrected chi connectivity index (χ0v) is 25.9. The van der Waals surface area contributed by atoms with Gasteiger partial charge in [-0.25, -0.2) is 0 Å². The first-order valence-corrected chi connectivity index (χ1v) is 15.8. The molecule has 2 bridgehead atoms. The summed E-state index contributed by atoms with van der Waals surface area (Å²) in [5.74, 6) is -0.0397. The molecule has 3 aliphatic rings. The number of carbonyl (C=O) groups excluding carboxylic acids is 1. The second-order valence-electron chi connectivity index (χ2n) is 13.2. The van der Waals surface area contributed by atoms with Crippen LogP contribution in [0.4, 0.5) is 0 Å². The van der Waals surface area contributed by atoms with Crippen LogP contribution in [0.25, 0.3) is 11.1 Å². The van der Waals surface area contributed by atoms with E-state index in [0.29, 0.717) is 43.5 Å². The molecular weight excluding hydrogens is 534 g/mol. The average molecular weight is 582 g/mol. The van der Waals surface area contributed by atoms with Gasteiger partial charge in [-0.15, -0.1) is 0 Å². The number of fused-ring (bicyclic) bond motifs is 8. The van der Waals surface area contributed by atoms with E-state index in [2.05, 4.69) is 44.2 Å². The quantitative estimate of drug-likeness (QED) is 0.218. The highest BCUT2D eigenvalue weighted by molar-refractivity contribution is 6.10. The summed E-state index contributed by atoms with van der Waals surface area (Å²) in [5.41, 5.74) is 5.23. The van der Waals surface area contributed by atoms with Crippen molar-refractivity contribution in [1.82, 2.24) is 4.90 Å². The average Bonchev–Trinajstić information content (AvgIpc) is 3.25. The molecular formula is C38H47NO4. The van der Waals surface area contributed by atoms with Crippen LogP contribution in [0, 0.1) is 5.41 Å². The smallest absolute Gasteiger partial charge is 0.193 e. The van der Waals surface area contributed by atoms with Gasteiger partial charge in [-0.1, -0.05) is 85.3 Å². The summed E-state index contributed by atoms with van der Waals surface area (Å²) in [7, 11) is 1.95. The summed E-state index contributed by atoms with van der Waals surface area (Å²) >= 11 is 0. The molecule has 5 heteroatoms. The largest absolute Gasteiger partial charge is 0.395 e. The van der Waals surface area contributed by atoms with E-state index < -0.39 is 17.1 Å². The van der Waals surface area contributed by atoms with Gasteiger partial charge in [-0.3, -0.25) is 4.79 Å². The second-order valence-corrected chi connectivity index (χ2v) is 13.2. The number of likely N-dealkylation sites (N-methyl/N-ethyl adjacent to an activating group) is 1. The normalized spacial score (nSPS) is 26.2. The zero-order valence-electron chi connectivity index (χ0n) is 25.9. The lowest BCUT2D eigenvalue weighted by atomic mass is 9.64. The third-order valence-electron chi connectivity index (χ3n) is 10.2. The van der Waals surface area contributed by atoms with Crippen LogP contribution in [0.5, 0.6) is 0 Å². The monoisotopic (exact) mass is 581 g/mol. The Labute approximate surface area is 256 Å². The molecule has 0 aliphatic heterocycles. The van der Waals surface area contributed by atoms with Gasteiger partial charge in [-0.2, -0.15) is 0 Å². The van der Waals surface area contributed by atoms with Gasteiger partial charge in [0, 0.05) is 29.6 Å². The molecule has 0 unspecified atom stereocenters. The molecule has 0 spiro atoms. The van der Waals surface area contributed by atoms with Gasteiger partial charge in [0.2, 0.25) is 0 Å². The third kappa shape index (κ3) is 6.71. The van der Waals surface area contributed by atoms with Crippen molar-refractivity contribution in [3.63, 3.8) is 0 Å². The number of hydrogen-bond donors (Lipinski definition) is 3. The standard InChI is InChI=1S/C38H47NO4/c1-27-8-7-20-37(2)35(19-21-38(37,43)26-39(3)22-23-40)33-18-12-28(24-32(41)17-11-27)25-34(33)36(42)31-15-13-30(14-16-31)29-9-5-4-6-10-29/h4-6,8-10,12-16,18,25,32,35,40-41,43H,7,11,17,19-24,26H2,1-3H3/t32-,35-,37-,38+/m0/s1. The van der Waals surface area contributed by atoms with Gasteiger partial charge in [0.1, 0.15) is 0 Å². The van der Waals surface area contributed by atoms with Crippen molar-refractivity contribution in [1.29, 1.82) is 0 Å². The topological polar surface area (TPSA) is 81.0 Å². The summed E-state index contributed by atoms with van der Waals surface area (Å²) in [6.45, 7) is 5.35. The molecule has 1 fully saturated rings. The fraction of sp³-hybridized carbons (Fsp3) is 0.447. The van der Waals surface area contributed by atoms with Gasteiger partial charge in [0.25, 0.3) is 0 Å². The van der Waals surface area contributed by atoms with E-state index in [9.17, 15) is 20.1 Å². The maximum atomic E-state index is 14.3. The SMILES string of the molecule is CC1=CCC[C@@]2(C)[C@@H](CC[C@@]2(O)CN(C)CCO)c2ccc(cc2C(=O)c2ccc(-c3ccccc3)cc2)C[C@@H](O)CC1. The van der Waals surface area contributed by atoms with E-state index >= 15 is 0 Å². The number of benzene rings is 3. The minimum atomic E-state index is -0.965. The van der Waals surface area contributed by atoms with Crippen molar-refractivity contribution in [3.05, 3.63) is 107 Å². The Morgan fingerprint density at radius 2 is 1.70 bits per heavy atom. The molecule has 3 N–H and O–H groups in total. The van der Waals surface area contributed by atoms with Gasteiger partial charge in [0.15, 0.2) is 5.78 Å². The number of ketones is 1. The number of aliphatic hydroxyl groups is 3. The number of allylic oxidation sites excluding steroid dienone is 2. The van der Waals surface area contributed by atoms with Gasteiger partial charge in [0.05, 0.1) is 18.3 Å². The Morgan fingerprint density at radius 1 is 0.977 bits per heavy atom. The van der Waals surface area contributed by atoms with Gasteiger partial charge < -0.3 is 20.2 Å². The minimum absolute atomic E-state index is 0.0156. The van der Waals surface area contributed by atoms with Crippen LogP contribution in [0.3, 0.4) is 0 Å². The number of hydrogen-bond acceptors (Lipinski definition) is 5. The highest BCUT2D eigenvalue weighted by atomic mass is 16.3. The predicted molar refractivity (Wildman–Crippen MR) is 173 cm³/mol. The molecule has 0 heterocycles. The van der Waals surface area contributed by atoms with E-state index in [4.69, 9.17) is 0 Å². The summed E-state index contributed by atoms with van der Waals surface area (Å²) in [5, 5.41) is 32.8. The second kappa shape index (κ2) is 13.3. The van der Waals surface area contributed by atoms with E-state index in [1.54, 1.807) is 0 Å². The van der Waals surface area contributed by atoms with Crippen molar-refractivity contribution in [2.24, 2.45) is 5.41 Å². The van der Waals surface area contributed by atoms with E-state index in [1.165, 1.54) is 5.57 Å². The van der Waals surface area contributed by atoms with Crippen molar-refractivity contribution >= 4 is 5.78 Å². The molecule has 3 aromatic carbocycles. The number of rotatable bonds is 7. The molecule has 3 aromatic rings. The fourth-order valence-electron chi connectivity index (χ4n) is 7.49. The van der Waals surface area contributed by atoms with Crippen LogP contribution in [0.15, 0.2) is 84.4 Å². The molecule has 0 radical (unpaired) electrons. The van der Waals surface area contributed by atoms with E-state index in [1.807, 2.05) is 60.5 Å². The molecule has 6 rings (SSSR count). The number of aliphatic hydroxyl groups excluding tert-OH is 2. The van der Waals surface area contributed by atoms with Crippen LogP contribution in [-0.2, 0) is 6.42 Å². The van der Waals surface area contributed by atoms with E-state index in [0.717, 1.165) is 47.9 Å². The molecule has 4 atom stereocenters. The Hall–Kier alpha value is -3.09. The molecule has 1 saturated carbocycles. The lowest BCUT2D eigenvalue weighted by molar-refractivity contribution is -0.0810. The van der Waals surface area contributed by atoms with Crippen LogP contribution in [0.1, 0.15) is 85.3 Å². The van der Waals surface area contributed by atoms with Gasteiger partial charge >= 0.3 is 0 Å². The Balaban J connectivity index is 1.57. The van der Waals surface area contributed by atoms with E-state index in [-0.39, 0.29) is 18.3 Å².